The molecule has 0 aliphatic heterocycles. The Bertz CT molecular complexity index is 205. The Kier molecular flexibility index (Phi) is 9.92. The molecule has 2 N–H and O–H groups in total. The summed E-state index contributed by atoms with van der Waals surface area (Å²) in [5, 5.41) is 6.71. The average Bonchev–Trinajstić information content (AvgIpc) is 2.31. The van der Waals surface area contributed by atoms with Gasteiger partial charge < -0.3 is 15.4 Å². The van der Waals surface area contributed by atoms with E-state index in [9.17, 15) is 0 Å². The minimum Gasteiger partial charge on any atom is -0.385 e. The Morgan fingerprint density at radius 2 is 1.88 bits per heavy atom. The number of unbranched alkanes of at least 4 members (excludes halogenated alkanes) is 2. The number of rotatable bonds is 8. The van der Waals surface area contributed by atoms with Crippen LogP contribution in [0.15, 0.2) is 4.99 Å². The lowest BCUT2D eigenvalue weighted by molar-refractivity contribution is 0.192. The second-order valence-electron chi connectivity index (χ2n) is 4.73. The first-order chi connectivity index (χ1) is 8.11. The molecule has 102 valence electrons. The molecule has 0 spiro atoms. The highest BCUT2D eigenvalue weighted by Gasteiger charge is 2.08. The first kappa shape index (κ1) is 16.2. The van der Waals surface area contributed by atoms with Gasteiger partial charge in [-0.05, 0) is 32.1 Å². The zero-order valence-electron chi connectivity index (χ0n) is 12.0. The summed E-state index contributed by atoms with van der Waals surface area (Å²) < 4.78 is 5.01. The summed E-state index contributed by atoms with van der Waals surface area (Å²) in [6.07, 6.45) is 3.48. The summed E-state index contributed by atoms with van der Waals surface area (Å²) in [4.78, 5) is 4.21. The third-order valence-corrected chi connectivity index (χ3v) is 2.91. The smallest absolute Gasteiger partial charge is 0.191 e. The number of hydrogen-bond acceptors (Lipinski definition) is 2. The van der Waals surface area contributed by atoms with Crippen molar-refractivity contribution in [3.8, 4) is 0 Å². The van der Waals surface area contributed by atoms with Crippen LogP contribution in [0.4, 0.5) is 0 Å². The van der Waals surface area contributed by atoms with Crippen LogP contribution < -0.4 is 10.6 Å². The number of hydrogen-bond donors (Lipinski definition) is 2. The van der Waals surface area contributed by atoms with Crippen molar-refractivity contribution in [1.29, 1.82) is 0 Å². The molecule has 0 heterocycles. The molecule has 4 heteroatoms. The lowest BCUT2D eigenvalue weighted by Crippen LogP contribution is -2.44. The van der Waals surface area contributed by atoms with E-state index in [4.69, 9.17) is 4.74 Å². The Hall–Kier alpha value is -0.770. The highest BCUT2D eigenvalue weighted by Crippen LogP contribution is 1.99. The summed E-state index contributed by atoms with van der Waals surface area (Å²) in [6.45, 7) is 8.41. The fraction of sp³-hybridized carbons (Fsp3) is 0.923. The standard InChI is InChI=1S/C13H29N3O/c1-11(2)12(3)16-13(14-4)15-9-7-6-8-10-17-5/h11-12H,6-10H2,1-5H3,(H2,14,15,16). The number of guanidine groups is 1. The Balaban J connectivity index is 3.62. The van der Waals surface area contributed by atoms with Crippen LogP contribution in [0.3, 0.4) is 0 Å². The van der Waals surface area contributed by atoms with Crippen molar-refractivity contribution in [2.24, 2.45) is 10.9 Å². The predicted molar refractivity (Wildman–Crippen MR) is 74.5 cm³/mol. The van der Waals surface area contributed by atoms with Crippen molar-refractivity contribution in [3.05, 3.63) is 0 Å². The van der Waals surface area contributed by atoms with Gasteiger partial charge in [-0.1, -0.05) is 13.8 Å². The average molecular weight is 243 g/mol. The van der Waals surface area contributed by atoms with Gasteiger partial charge in [0.25, 0.3) is 0 Å². The van der Waals surface area contributed by atoms with Crippen LogP contribution in [0.25, 0.3) is 0 Å². The van der Waals surface area contributed by atoms with E-state index in [1.807, 2.05) is 7.05 Å². The maximum Gasteiger partial charge on any atom is 0.191 e. The molecule has 0 fully saturated rings. The number of aliphatic imine (C=N–C) groups is 1. The van der Waals surface area contributed by atoms with Crippen LogP contribution in [0, 0.1) is 5.92 Å². The third kappa shape index (κ3) is 8.98. The van der Waals surface area contributed by atoms with E-state index in [0.29, 0.717) is 12.0 Å². The van der Waals surface area contributed by atoms with Gasteiger partial charge in [-0.2, -0.15) is 0 Å². The fourth-order valence-electron chi connectivity index (χ4n) is 1.33. The lowest BCUT2D eigenvalue weighted by Gasteiger charge is -2.20. The van der Waals surface area contributed by atoms with E-state index in [1.165, 1.54) is 6.42 Å². The van der Waals surface area contributed by atoms with Crippen molar-refractivity contribution in [1.82, 2.24) is 10.6 Å². The summed E-state index contributed by atoms with van der Waals surface area (Å²) in [6, 6.07) is 0.440. The van der Waals surface area contributed by atoms with Gasteiger partial charge in [0.05, 0.1) is 0 Å². The minimum atomic E-state index is 0.440. The van der Waals surface area contributed by atoms with E-state index in [1.54, 1.807) is 7.11 Å². The highest BCUT2D eigenvalue weighted by molar-refractivity contribution is 5.79. The lowest BCUT2D eigenvalue weighted by atomic mass is 10.1. The maximum atomic E-state index is 5.01. The van der Waals surface area contributed by atoms with E-state index >= 15 is 0 Å². The number of methoxy groups -OCH3 is 1. The van der Waals surface area contributed by atoms with Crippen LogP contribution in [0.2, 0.25) is 0 Å². The van der Waals surface area contributed by atoms with Gasteiger partial charge in [0.15, 0.2) is 5.96 Å². The van der Waals surface area contributed by atoms with E-state index in [-0.39, 0.29) is 0 Å². The van der Waals surface area contributed by atoms with Crippen LogP contribution in [-0.2, 0) is 4.74 Å². The van der Waals surface area contributed by atoms with Crippen LogP contribution in [0.5, 0.6) is 0 Å². The van der Waals surface area contributed by atoms with Gasteiger partial charge in [-0.25, -0.2) is 0 Å². The largest absolute Gasteiger partial charge is 0.385 e. The quantitative estimate of drug-likeness (QED) is 0.389. The molecule has 0 aromatic heterocycles. The molecule has 4 nitrogen and oxygen atoms in total. The molecule has 0 aromatic carbocycles. The molecule has 0 rings (SSSR count). The van der Waals surface area contributed by atoms with E-state index < -0.39 is 0 Å². The molecule has 1 atom stereocenters. The topological polar surface area (TPSA) is 45.7 Å². The van der Waals surface area contributed by atoms with Gasteiger partial charge in [0.1, 0.15) is 0 Å². The van der Waals surface area contributed by atoms with Gasteiger partial charge in [-0.15, -0.1) is 0 Å². The van der Waals surface area contributed by atoms with Crippen molar-refractivity contribution < 1.29 is 4.74 Å². The van der Waals surface area contributed by atoms with Crippen molar-refractivity contribution in [2.75, 3.05) is 27.3 Å². The first-order valence-corrected chi connectivity index (χ1v) is 6.58. The Morgan fingerprint density at radius 3 is 2.41 bits per heavy atom. The molecule has 0 saturated heterocycles. The second-order valence-corrected chi connectivity index (χ2v) is 4.73. The summed E-state index contributed by atoms with van der Waals surface area (Å²) in [5.41, 5.74) is 0. The highest BCUT2D eigenvalue weighted by atomic mass is 16.5. The van der Waals surface area contributed by atoms with Gasteiger partial charge in [0, 0.05) is 33.4 Å². The molecule has 0 aromatic rings. The number of ether oxygens (including phenoxy) is 1. The monoisotopic (exact) mass is 243 g/mol. The number of nitrogens with one attached hydrogen (secondary N) is 2. The summed E-state index contributed by atoms with van der Waals surface area (Å²) in [7, 11) is 3.56. The van der Waals surface area contributed by atoms with Gasteiger partial charge in [0.2, 0.25) is 0 Å². The molecule has 0 saturated carbocycles. The van der Waals surface area contributed by atoms with Crippen LogP contribution in [0.1, 0.15) is 40.0 Å². The minimum absolute atomic E-state index is 0.440. The maximum absolute atomic E-state index is 5.01. The Labute approximate surface area is 106 Å². The van der Waals surface area contributed by atoms with Gasteiger partial charge >= 0.3 is 0 Å². The molecule has 0 amide bonds. The molecule has 17 heavy (non-hydrogen) atoms. The van der Waals surface area contributed by atoms with Crippen molar-refractivity contribution >= 4 is 5.96 Å². The summed E-state index contributed by atoms with van der Waals surface area (Å²) >= 11 is 0. The Morgan fingerprint density at radius 1 is 1.18 bits per heavy atom. The fourth-order valence-corrected chi connectivity index (χ4v) is 1.33. The van der Waals surface area contributed by atoms with Crippen LogP contribution >= 0.6 is 0 Å². The SMILES string of the molecule is CN=C(NCCCCCOC)NC(C)C(C)C. The molecule has 0 bridgehead atoms. The van der Waals surface area contributed by atoms with Crippen molar-refractivity contribution in [2.45, 2.75) is 46.1 Å². The molecular weight excluding hydrogens is 214 g/mol. The van der Waals surface area contributed by atoms with Gasteiger partial charge in [-0.3, -0.25) is 4.99 Å². The normalized spacial score (nSPS) is 13.9. The first-order valence-electron chi connectivity index (χ1n) is 6.58. The predicted octanol–water partition coefficient (Wildman–Crippen LogP) is 2.01. The second kappa shape index (κ2) is 10.4. The molecular formula is C13H29N3O. The van der Waals surface area contributed by atoms with Crippen LogP contribution in [-0.4, -0.2) is 39.3 Å². The van der Waals surface area contributed by atoms with E-state index in [0.717, 1.165) is 32.0 Å². The molecule has 1 unspecified atom stereocenters. The molecule has 0 aliphatic rings. The zero-order chi connectivity index (χ0) is 13.1. The van der Waals surface area contributed by atoms with E-state index in [2.05, 4.69) is 36.4 Å². The van der Waals surface area contributed by atoms with Crippen molar-refractivity contribution in [3.63, 3.8) is 0 Å². The summed E-state index contributed by atoms with van der Waals surface area (Å²) in [5.74, 6) is 1.51. The number of nitrogens with zero attached hydrogens (tertiary/aromatic N) is 1. The molecule has 0 aliphatic carbocycles. The molecule has 0 radical (unpaired) electrons. The zero-order valence-corrected chi connectivity index (χ0v) is 12.0. The third-order valence-electron chi connectivity index (χ3n) is 2.91.